The summed E-state index contributed by atoms with van der Waals surface area (Å²) in [7, 11) is -3.59. The van der Waals surface area contributed by atoms with Gasteiger partial charge in [0.25, 0.3) is 0 Å². The Balaban J connectivity index is 2.23. The van der Waals surface area contributed by atoms with Crippen LogP contribution >= 0.6 is 0 Å². The van der Waals surface area contributed by atoms with Gasteiger partial charge in [0.2, 0.25) is 15.9 Å². The fourth-order valence-electron chi connectivity index (χ4n) is 3.09. The molecule has 0 saturated carbocycles. The molecule has 2 aromatic rings. The summed E-state index contributed by atoms with van der Waals surface area (Å²) >= 11 is 0. The van der Waals surface area contributed by atoms with E-state index < -0.39 is 10.0 Å². The zero-order valence-electron chi connectivity index (χ0n) is 17.3. The number of benzene rings is 2. The molecular weight excluding hydrogens is 372 g/mol. The SMILES string of the molecule is Cc1ccc(N(CC(=O)N[C@@H](CC(C)C)c2ccccc2)S(C)(=O)=O)cc1C. The van der Waals surface area contributed by atoms with E-state index in [4.69, 9.17) is 0 Å². The largest absolute Gasteiger partial charge is 0.348 e. The van der Waals surface area contributed by atoms with Crippen LogP contribution in [0.15, 0.2) is 48.5 Å². The first-order chi connectivity index (χ1) is 13.1. The van der Waals surface area contributed by atoms with Gasteiger partial charge in [0, 0.05) is 0 Å². The highest BCUT2D eigenvalue weighted by Crippen LogP contribution is 2.23. The first kappa shape index (κ1) is 22.0. The van der Waals surface area contributed by atoms with E-state index >= 15 is 0 Å². The van der Waals surface area contributed by atoms with Gasteiger partial charge in [-0.05, 0) is 55.0 Å². The van der Waals surface area contributed by atoms with E-state index in [1.807, 2.05) is 50.2 Å². The summed E-state index contributed by atoms with van der Waals surface area (Å²) in [6.07, 6.45) is 1.90. The molecule has 1 amide bonds. The van der Waals surface area contributed by atoms with Crippen molar-refractivity contribution in [3.8, 4) is 0 Å². The van der Waals surface area contributed by atoms with Crippen molar-refractivity contribution in [3.05, 3.63) is 65.2 Å². The first-order valence-corrected chi connectivity index (χ1v) is 11.3. The predicted octanol–water partition coefficient (Wildman–Crippen LogP) is 3.97. The Labute approximate surface area is 168 Å². The van der Waals surface area contributed by atoms with Crippen molar-refractivity contribution < 1.29 is 13.2 Å². The van der Waals surface area contributed by atoms with Gasteiger partial charge in [0.15, 0.2) is 0 Å². The summed E-state index contributed by atoms with van der Waals surface area (Å²) in [6.45, 7) is 7.84. The van der Waals surface area contributed by atoms with E-state index in [9.17, 15) is 13.2 Å². The Morgan fingerprint density at radius 1 is 1.04 bits per heavy atom. The zero-order valence-corrected chi connectivity index (χ0v) is 18.1. The molecule has 0 radical (unpaired) electrons. The fourth-order valence-corrected chi connectivity index (χ4v) is 3.93. The maximum atomic E-state index is 12.8. The quantitative estimate of drug-likeness (QED) is 0.726. The van der Waals surface area contributed by atoms with Gasteiger partial charge >= 0.3 is 0 Å². The summed E-state index contributed by atoms with van der Waals surface area (Å²) in [4.78, 5) is 12.8. The third-order valence-electron chi connectivity index (χ3n) is 4.71. The molecule has 2 rings (SSSR count). The van der Waals surface area contributed by atoms with Crippen molar-refractivity contribution in [1.82, 2.24) is 5.32 Å². The number of rotatable bonds is 8. The number of sulfonamides is 1. The Morgan fingerprint density at radius 2 is 1.68 bits per heavy atom. The van der Waals surface area contributed by atoms with Crippen molar-refractivity contribution in [2.75, 3.05) is 17.1 Å². The van der Waals surface area contributed by atoms with Gasteiger partial charge in [0.05, 0.1) is 18.0 Å². The van der Waals surface area contributed by atoms with Gasteiger partial charge in [-0.3, -0.25) is 9.10 Å². The number of nitrogens with zero attached hydrogens (tertiary/aromatic N) is 1. The maximum Gasteiger partial charge on any atom is 0.241 e. The van der Waals surface area contributed by atoms with Crippen LogP contribution < -0.4 is 9.62 Å². The molecule has 0 aromatic heterocycles. The van der Waals surface area contributed by atoms with Crippen LogP contribution in [0.4, 0.5) is 5.69 Å². The summed E-state index contributed by atoms with van der Waals surface area (Å²) in [5.74, 6) is 0.0643. The average molecular weight is 403 g/mol. The maximum absolute atomic E-state index is 12.8. The standard InChI is InChI=1S/C22H30N2O3S/c1-16(2)13-21(19-9-7-6-8-10-19)23-22(25)15-24(28(5,26)27)20-12-11-17(3)18(4)14-20/h6-12,14,16,21H,13,15H2,1-5H3,(H,23,25)/t21-/m0/s1. The molecule has 0 saturated heterocycles. The van der Waals surface area contributed by atoms with Crippen molar-refractivity contribution in [3.63, 3.8) is 0 Å². The number of nitrogens with one attached hydrogen (secondary N) is 1. The van der Waals surface area contributed by atoms with E-state index in [1.165, 1.54) is 0 Å². The van der Waals surface area contributed by atoms with Crippen LogP contribution in [-0.2, 0) is 14.8 Å². The van der Waals surface area contributed by atoms with Crippen LogP contribution in [-0.4, -0.2) is 27.1 Å². The van der Waals surface area contributed by atoms with E-state index in [0.29, 0.717) is 11.6 Å². The molecule has 0 aliphatic heterocycles. The van der Waals surface area contributed by atoms with Crippen LogP contribution in [0.1, 0.15) is 43.0 Å². The number of anilines is 1. The van der Waals surface area contributed by atoms with Crippen molar-refractivity contribution >= 4 is 21.6 Å². The second-order valence-corrected chi connectivity index (χ2v) is 9.61. The fraction of sp³-hybridized carbons (Fsp3) is 0.409. The molecule has 0 aliphatic carbocycles. The van der Waals surface area contributed by atoms with Crippen LogP contribution in [0.3, 0.4) is 0 Å². The van der Waals surface area contributed by atoms with Crippen LogP contribution in [0.2, 0.25) is 0 Å². The zero-order chi connectivity index (χ0) is 20.9. The Hall–Kier alpha value is -2.34. The average Bonchev–Trinajstić information content (AvgIpc) is 2.61. The number of hydrogen-bond acceptors (Lipinski definition) is 3. The molecule has 2 aromatic carbocycles. The smallest absolute Gasteiger partial charge is 0.241 e. The van der Waals surface area contributed by atoms with Gasteiger partial charge in [-0.2, -0.15) is 0 Å². The van der Waals surface area contributed by atoms with E-state index in [0.717, 1.165) is 33.7 Å². The molecule has 5 nitrogen and oxygen atoms in total. The van der Waals surface area contributed by atoms with Crippen LogP contribution in [0.5, 0.6) is 0 Å². The summed E-state index contributed by atoms with van der Waals surface area (Å²) in [5, 5.41) is 3.02. The van der Waals surface area contributed by atoms with Crippen LogP contribution in [0, 0.1) is 19.8 Å². The summed E-state index contributed by atoms with van der Waals surface area (Å²) in [5.41, 5.74) is 3.57. The van der Waals surface area contributed by atoms with E-state index in [-0.39, 0.29) is 18.5 Å². The minimum Gasteiger partial charge on any atom is -0.348 e. The molecule has 0 heterocycles. The third kappa shape index (κ3) is 6.09. The minimum atomic E-state index is -3.59. The molecule has 0 spiro atoms. The van der Waals surface area contributed by atoms with Crippen molar-refractivity contribution in [2.24, 2.45) is 5.92 Å². The lowest BCUT2D eigenvalue weighted by atomic mass is 9.97. The first-order valence-electron chi connectivity index (χ1n) is 9.47. The van der Waals surface area contributed by atoms with Gasteiger partial charge in [-0.1, -0.05) is 50.2 Å². The Morgan fingerprint density at radius 3 is 2.21 bits per heavy atom. The molecule has 152 valence electrons. The van der Waals surface area contributed by atoms with Gasteiger partial charge in [0.1, 0.15) is 6.54 Å². The number of hydrogen-bond donors (Lipinski definition) is 1. The Kier molecular flexibility index (Phi) is 7.24. The van der Waals surface area contributed by atoms with Crippen LogP contribution in [0.25, 0.3) is 0 Å². The lowest BCUT2D eigenvalue weighted by Crippen LogP contribution is -2.41. The molecule has 0 fully saturated rings. The molecular formula is C22H30N2O3S. The highest BCUT2D eigenvalue weighted by atomic mass is 32.2. The molecule has 1 N–H and O–H groups in total. The van der Waals surface area contributed by atoms with Gasteiger partial charge in [-0.15, -0.1) is 0 Å². The number of amides is 1. The van der Waals surface area contributed by atoms with E-state index in [2.05, 4.69) is 19.2 Å². The second-order valence-electron chi connectivity index (χ2n) is 7.70. The molecule has 28 heavy (non-hydrogen) atoms. The van der Waals surface area contributed by atoms with Crippen molar-refractivity contribution in [1.29, 1.82) is 0 Å². The summed E-state index contributed by atoms with van der Waals surface area (Å²) in [6, 6.07) is 15.0. The molecule has 0 bridgehead atoms. The topological polar surface area (TPSA) is 66.5 Å². The lowest BCUT2D eigenvalue weighted by molar-refractivity contribution is -0.120. The Bertz CT molecular complexity index is 909. The van der Waals surface area contributed by atoms with Crippen molar-refractivity contribution in [2.45, 2.75) is 40.2 Å². The molecule has 6 heteroatoms. The van der Waals surface area contributed by atoms with E-state index in [1.54, 1.807) is 12.1 Å². The molecule has 0 unspecified atom stereocenters. The minimum absolute atomic E-state index is 0.158. The number of aryl methyl sites for hydroxylation is 2. The number of carbonyl (C=O) groups is 1. The monoisotopic (exact) mass is 402 g/mol. The third-order valence-corrected chi connectivity index (χ3v) is 5.85. The second kappa shape index (κ2) is 9.24. The molecule has 1 atom stereocenters. The van der Waals surface area contributed by atoms with Gasteiger partial charge < -0.3 is 5.32 Å². The predicted molar refractivity (Wildman–Crippen MR) is 115 cm³/mol. The normalized spacial score (nSPS) is 12.6. The summed E-state index contributed by atoms with van der Waals surface area (Å²) < 4.78 is 25.8. The highest BCUT2D eigenvalue weighted by Gasteiger charge is 2.23. The van der Waals surface area contributed by atoms with Gasteiger partial charge in [-0.25, -0.2) is 8.42 Å². The molecule has 0 aliphatic rings. The highest BCUT2D eigenvalue weighted by molar-refractivity contribution is 7.92. The number of carbonyl (C=O) groups excluding carboxylic acids is 1. The lowest BCUT2D eigenvalue weighted by Gasteiger charge is -2.25.